The first kappa shape index (κ1) is 17.4. The van der Waals surface area contributed by atoms with Gasteiger partial charge in [-0.25, -0.2) is 4.79 Å². The van der Waals surface area contributed by atoms with Crippen LogP contribution in [0.15, 0.2) is 47.4 Å². The fourth-order valence-electron chi connectivity index (χ4n) is 1.84. The normalized spacial score (nSPS) is 10.9. The van der Waals surface area contributed by atoms with Crippen molar-refractivity contribution in [2.75, 3.05) is 7.11 Å². The third kappa shape index (κ3) is 3.69. The number of hydrogen-bond acceptors (Lipinski definition) is 7. The Kier molecular flexibility index (Phi) is 4.84. The number of esters is 1. The van der Waals surface area contributed by atoms with Crippen LogP contribution in [0.25, 0.3) is 0 Å². The van der Waals surface area contributed by atoms with Gasteiger partial charge < -0.3 is 8.92 Å². The average Bonchev–Trinajstić information content (AvgIpc) is 2.54. The summed E-state index contributed by atoms with van der Waals surface area (Å²) >= 11 is 0. The number of nitrogens with zero attached hydrogens (tertiary/aromatic N) is 1. The molecule has 126 valence electrons. The molecule has 0 N–H and O–H groups in total. The van der Waals surface area contributed by atoms with E-state index in [1.807, 2.05) is 0 Å². The van der Waals surface area contributed by atoms with Crippen LogP contribution in [0.4, 0.5) is 5.69 Å². The zero-order valence-electron chi connectivity index (χ0n) is 12.8. The van der Waals surface area contributed by atoms with Crippen LogP contribution in [-0.4, -0.2) is 26.4 Å². The van der Waals surface area contributed by atoms with Crippen molar-refractivity contribution in [3.63, 3.8) is 0 Å². The van der Waals surface area contributed by atoms with E-state index in [-0.39, 0.29) is 16.2 Å². The van der Waals surface area contributed by atoms with Gasteiger partial charge in [0.05, 0.1) is 12.0 Å². The Morgan fingerprint density at radius 3 is 2.29 bits per heavy atom. The Balaban J connectivity index is 2.46. The number of nitro groups is 1. The molecule has 0 saturated carbocycles. The van der Waals surface area contributed by atoms with Gasteiger partial charge in [0.25, 0.3) is 5.69 Å². The van der Waals surface area contributed by atoms with Gasteiger partial charge in [0, 0.05) is 12.1 Å². The molecule has 0 unspecified atom stereocenters. The van der Waals surface area contributed by atoms with Crippen LogP contribution >= 0.6 is 0 Å². The van der Waals surface area contributed by atoms with Crippen LogP contribution in [-0.2, 0) is 14.9 Å². The molecule has 2 rings (SSSR count). The Morgan fingerprint density at radius 1 is 1.12 bits per heavy atom. The quantitative estimate of drug-likeness (QED) is 0.352. The van der Waals surface area contributed by atoms with Gasteiger partial charge in [-0.3, -0.25) is 10.1 Å². The minimum absolute atomic E-state index is 0.109. The number of hydrogen-bond donors (Lipinski definition) is 0. The SMILES string of the molecule is COC(=O)c1cc([N+](=O)[O-])ccc1OS(=O)(=O)c1ccc(C)cc1. The summed E-state index contributed by atoms with van der Waals surface area (Å²) in [6.07, 6.45) is 0. The third-order valence-electron chi connectivity index (χ3n) is 3.09. The first-order valence-corrected chi connectivity index (χ1v) is 8.03. The Labute approximate surface area is 137 Å². The molecule has 0 fully saturated rings. The number of ether oxygens (including phenoxy) is 1. The minimum atomic E-state index is -4.21. The minimum Gasteiger partial charge on any atom is -0.465 e. The first-order valence-electron chi connectivity index (χ1n) is 6.62. The van der Waals surface area contributed by atoms with Gasteiger partial charge in [-0.2, -0.15) is 8.42 Å². The molecule has 0 aliphatic heterocycles. The highest BCUT2D eigenvalue weighted by Gasteiger charge is 2.24. The van der Waals surface area contributed by atoms with Crippen molar-refractivity contribution in [2.24, 2.45) is 0 Å². The molecule has 8 nitrogen and oxygen atoms in total. The molecule has 0 aromatic heterocycles. The van der Waals surface area contributed by atoms with Crippen LogP contribution in [0.2, 0.25) is 0 Å². The summed E-state index contributed by atoms with van der Waals surface area (Å²) in [5, 5.41) is 10.8. The maximum atomic E-state index is 12.3. The van der Waals surface area contributed by atoms with E-state index in [0.717, 1.165) is 30.9 Å². The van der Waals surface area contributed by atoms with E-state index in [9.17, 15) is 23.3 Å². The number of non-ortho nitro benzene ring substituents is 1. The smallest absolute Gasteiger partial charge is 0.341 e. The fraction of sp³-hybridized carbons (Fsp3) is 0.133. The summed E-state index contributed by atoms with van der Waals surface area (Å²) in [5.41, 5.74) is 0.109. The zero-order valence-corrected chi connectivity index (χ0v) is 13.6. The lowest BCUT2D eigenvalue weighted by Gasteiger charge is -2.10. The van der Waals surface area contributed by atoms with E-state index in [0.29, 0.717) is 0 Å². The highest BCUT2D eigenvalue weighted by molar-refractivity contribution is 7.87. The van der Waals surface area contributed by atoms with Gasteiger partial charge in [-0.15, -0.1) is 0 Å². The molecule has 0 heterocycles. The molecule has 0 aliphatic rings. The second-order valence-electron chi connectivity index (χ2n) is 4.78. The molecule has 0 radical (unpaired) electrons. The highest BCUT2D eigenvalue weighted by atomic mass is 32.2. The van der Waals surface area contributed by atoms with Crippen molar-refractivity contribution >= 4 is 21.8 Å². The van der Waals surface area contributed by atoms with Crippen molar-refractivity contribution < 1.29 is 27.1 Å². The molecule has 2 aromatic carbocycles. The highest BCUT2D eigenvalue weighted by Crippen LogP contribution is 2.28. The van der Waals surface area contributed by atoms with Crippen molar-refractivity contribution in [1.82, 2.24) is 0 Å². The predicted molar refractivity (Wildman–Crippen MR) is 83.4 cm³/mol. The van der Waals surface area contributed by atoms with Crippen molar-refractivity contribution in [3.8, 4) is 5.75 Å². The molecule has 0 atom stereocenters. The van der Waals surface area contributed by atoms with Gasteiger partial charge in [0.15, 0.2) is 5.75 Å². The number of carbonyl (C=O) groups excluding carboxylic acids is 1. The predicted octanol–water partition coefficient (Wildman–Crippen LogP) is 2.46. The average molecular weight is 351 g/mol. The molecular weight excluding hydrogens is 338 g/mol. The van der Waals surface area contributed by atoms with E-state index in [1.54, 1.807) is 19.1 Å². The molecule has 0 aliphatic carbocycles. The van der Waals surface area contributed by atoms with Gasteiger partial charge in [-0.05, 0) is 25.1 Å². The second-order valence-corrected chi connectivity index (χ2v) is 6.33. The molecule has 0 bridgehead atoms. The lowest BCUT2D eigenvalue weighted by molar-refractivity contribution is -0.384. The lowest BCUT2D eigenvalue weighted by atomic mass is 10.2. The molecule has 0 spiro atoms. The third-order valence-corrected chi connectivity index (χ3v) is 4.34. The number of nitro benzene ring substituents is 1. The Morgan fingerprint density at radius 2 is 1.75 bits per heavy atom. The van der Waals surface area contributed by atoms with E-state index in [1.165, 1.54) is 12.1 Å². The molecule has 2 aromatic rings. The van der Waals surface area contributed by atoms with E-state index < -0.39 is 26.7 Å². The first-order chi connectivity index (χ1) is 11.2. The van der Waals surface area contributed by atoms with Gasteiger partial charge >= 0.3 is 16.1 Å². The number of methoxy groups -OCH3 is 1. The maximum absolute atomic E-state index is 12.3. The summed E-state index contributed by atoms with van der Waals surface area (Å²) in [5.74, 6) is -1.30. The van der Waals surface area contributed by atoms with Crippen LogP contribution in [0.3, 0.4) is 0 Å². The molecule has 0 saturated heterocycles. The maximum Gasteiger partial charge on any atom is 0.341 e. The summed E-state index contributed by atoms with van der Waals surface area (Å²) in [4.78, 5) is 21.7. The summed E-state index contributed by atoms with van der Waals surface area (Å²) in [7, 11) is -3.14. The van der Waals surface area contributed by atoms with Crippen molar-refractivity contribution in [1.29, 1.82) is 0 Å². The zero-order chi connectivity index (χ0) is 17.9. The van der Waals surface area contributed by atoms with E-state index >= 15 is 0 Å². The van der Waals surface area contributed by atoms with Crippen LogP contribution < -0.4 is 4.18 Å². The summed E-state index contributed by atoms with van der Waals surface area (Å²) < 4.78 is 34.0. The number of aryl methyl sites for hydroxylation is 1. The molecule has 24 heavy (non-hydrogen) atoms. The molecular formula is C15H13NO7S. The second kappa shape index (κ2) is 6.67. The lowest BCUT2D eigenvalue weighted by Crippen LogP contribution is -2.13. The Hall–Kier alpha value is -2.94. The standard InChI is InChI=1S/C15H13NO7S/c1-10-3-6-12(7-4-10)24(20,21)23-14-8-5-11(16(18)19)9-13(14)15(17)22-2/h3-9H,1-2H3. The van der Waals surface area contributed by atoms with Gasteiger partial charge in [-0.1, -0.05) is 17.7 Å². The summed E-state index contributed by atoms with van der Waals surface area (Å²) in [6, 6.07) is 8.86. The largest absolute Gasteiger partial charge is 0.465 e. The van der Waals surface area contributed by atoms with Gasteiger partial charge in [0.2, 0.25) is 0 Å². The number of benzene rings is 2. The van der Waals surface area contributed by atoms with E-state index in [4.69, 9.17) is 4.18 Å². The number of carbonyl (C=O) groups is 1. The van der Waals surface area contributed by atoms with Crippen LogP contribution in [0.1, 0.15) is 15.9 Å². The van der Waals surface area contributed by atoms with Crippen LogP contribution in [0, 0.1) is 17.0 Å². The monoisotopic (exact) mass is 351 g/mol. The topological polar surface area (TPSA) is 113 Å². The van der Waals surface area contributed by atoms with Gasteiger partial charge in [0.1, 0.15) is 10.5 Å². The Bertz CT molecular complexity index is 889. The van der Waals surface area contributed by atoms with Crippen molar-refractivity contribution in [3.05, 3.63) is 63.7 Å². The fourth-order valence-corrected chi connectivity index (χ4v) is 2.79. The number of rotatable bonds is 5. The molecule has 9 heteroatoms. The molecule has 0 amide bonds. The van der Waals surface area contributed by atoms with Crippen LogP contribution in [0.5, 0.6) is 5.75 Å². The van der Waals surface area contributed by atoms with E-state index in [2.05, 4.69) is 4.74 Å². The summed E-state index contributed by atoms with van der Waals surface area (Å²) in [6.45, 7) is 1.79. The van der Waals surface area contributed by atoms with Crippen molar-refractivity contribution in [2.45, 2.75) is 11.8 Å².